The van der Waals surface area contributed by atoms with E-state index in [0.717, 1.165) is 19.4 Å². The molecule has 0 saturated carbocycles. The fraction of sp³-hybridized carbons (Fsp3) is 0.909. The molecular weight excluding hydrogens is 233 g/mol. The van der Waals surface area contributed by atoms with E-state index < -0.39 is 12.6 Å². The van der Waals surface area contributed by atoms with Crippen LogP contribution >= 0.6 is 0 Å². The number of nitrogens with one attached hydrogen (secondary N) is 2. The smallest absolute Gasteiger partial charge is 0.356 e. The molecule has 3 nitrogen and oxygen atoms in total. The largest absolute Gasteiger partial charge is 0.389 e. The molecule has 2 atom stereocenters. The first-order valence-electron chi connectivity index (χ1n) is 5.96. The van der Waals surface area contributed by atoms with Crippen molar-refractivity contribution in [3.05, 3.63) is 0 Å². The van der Waals surface area contributed by atoms with E-state index in [1.54, 1.807) is 0 Å². The van der Waals surface area contributed by atoms with E-state index in [-0.39, 0.29) is 24.8 Å². The normalized spacial score (nSPS) is 25.6. The molecule has 0 aliphatic carbocycles. The van der Waals surface area contributed by atoms with Gasteiger partial charge in [-0.1, -0.05) is 0 Å². The van der Waals surface area contributed by atoms with Gasteiger partial charge in [-0.05, 0) is 32.7 Å². The van der Waals surface area contributed by atoms with Crippen LogP contribution < -0.4 is 10.6 Å². The number of halogens is 3. The summed E-state index contributed by atoms with van der Waals surface area (Å²) in [6.07, 6.45) is -3.50. The van der Waals surface area contributed by atoms with Crippen LogP contribution in [0.1, 0.15) is 32.6 Å². The Labute approximate surface area is 99.1 Å². The third-order valence-corrected chi connectivity index (χ3v) is 2.93. The van der Waals surface area contributed by atoms with Gasteiger partial charge in [-0.2, -0.15) is 13.2 Å². The highest BCUT2D eigenvalue weighted by Crippen LogP contribution is 2.21. The zero-order chi connectivity index (χ0) is 12.9. The Kier molecular flexibility index (Phi) is 5.24. The minimum Gasteiger partial charge on any atom is -0.356 e. The fourth-order valence-corrected chi connectivity index (χ4v) is 2.01. The van der Waals surface area contributed by atoms with E-state index in [0.29, 0.717) is 6.04 Å². The number of hydrogen-bond acceptors (Lipinski definition) is 2. The zero-order valence-corrected chi connectivity index (χ0v) is 9.94. The standard InChI is InChI=1S/C11H19F3N2O/c1-8-7-9(3-6-15-8)10(17)16-5-2-4-11(12,13)14/h8-9,15H,2-7H2,1H3,(H,16,17)/t8-,9-/m0/s1. The Morgan fingerprint density at radius 2 is 2.18 bits per heavy atom. The lowest BCUT2D eigenvalue weighted by molar-refractivity contribution is -0.136. The fourth-order valence-electron chi connectivity index (χ4n) is 2.01. The molecule has 1 fully saturated rings. The van der Waals surface area contributed by atoms with Crippen molar-refractivity contribution >= 4 is 5.91 Å². The van der Waals surface area contributed by atoms with Crippen LogP contribution in [0.2, 0.25) is 0 Å². The Morgan fingerprint density at radius 1 is 1.47 bits per heavy atom. The molecule has 0 unspecified atom stereocenters. The van der Waals surface area contributed by atoms with E-state index >= 15 is 0 Å². The quantitative estimate of drug-likeness (QED) is 0.749. The number of alkyl halides is 3. The summed E-state index contributed by atoms with van der Waals surface area (Å²) in [4.78, 5) is 11.6. The van der Waals surface area contributed by atoms with Gasteiger partial charge in [-0.25, -0.2) is 0 Å². The SMILES string of the molecule is C[C@H]1C[C@@H](C(=O)NCCCC(F)(F)F)CCN1. The number of piperidine rings is 1. The lowest BCUT2D eigenvalue weighted by atomic mass is 9.92. The van der Waals surface area contributed by atoms with Crippen LogP contribution in [0.5, 0.6) is 0 Å². The van der Waals surface area contributed by atoms with Crippen LogP contribution in [0, 0.1) is 5.92 Å². The van der Waals surface area contributed by atoms with Crippen LogP contribution in [0.3, 0.4) is 0 Å². The molecule has 1 saturated heterocycles. The lowest BCUT2D eigenvalue weighted by Gasteiger charge is -2.27. The Balaban J connectivity index is 2.16. The van der Waals surface area contributed by atoms with Crippen LogP contribution in [-0.4, -0.2) is 31.2 Å². The Morgan fingerprint density at radius 3 is 2.76 bits per heavy atom. The second-order valence-corrected chi connectivity index (χ2v) is 4.59. The third kappa shape index (κ3) is 5.91. The van der Waals surface area contributed by atoms with Crippen molar-refractivity contribution in [2.24, 2.45) is 5.92 Å². The molecule has 1 aliphatic heterocycles. The average Bonchev–Trinajstić information content (AvgIpc) is 2.23. The summed E-state index contributed by atoms with van der Waals surface area (Å²) in [5.41, 5.74) is 0. The van der Waals surface area contributed by atoms with Crippen molar-refractivity contribution < 1.29 is 18.0 Å². The van der Waals surface area contributed by atoms with Crippen molar-refractivity contribution in [2.45, 2.75) is 44.8 Å². The van der Waals surface area contributed by atoms with E-state index in [4.69, 9.17) is 0 Å². The predicted molar refractivity (Wildman–Crippen MR) is 58.5 cm³/mol. The predicted octanol–water partition coefficient (Wildman–Crippen LogP) is 1.83. The van der Waals surface area contributed by atoms with Gasteiger partial charge in [-0.3, -0.25) is 4.79 Å². The van der Waals surface area contributed by atoms with Gasteiger partial charge in [-0.15, -0.1) is 0 Å². The number of carbonyl (C=O) groups excluding carboxylic acids is 1. The van der Waals surface area contributed by atoms with E-state index in [9.17, 15) is 18.0 Å². The molecule has 17 heavy (non-hydrogen) atoms. The summed E-state index contributed by atoms with van der Waals surface area (Å²) in [6, 6.07) is 0.301. The average molecular weight is 252 g/mol. The minimum atomic E-state index is -4.13. The second kappa shape index (κ2) is 6.23. The van der Waals surface area contributed by atoms with Crippen molar-refractivity contribution in [1.82, 2.24) is 10.6 Å². The lowest BCUT2D eigenvalue weighted by Crippen LogP contribution is -2.42. The number of hydrogen-bond donors (Lipinski definition) is 2. The maximum atomic E-state index is 11.9. The molecule has 1 amide bonds. The number of rotatable bonds is 4. The van der Waals surface area contributed by atoms with E-state index in [1.165, 1.54) is 0 Å². The molecule has 100 valence electrons. The number of carbonyl (C=O) groups is 1. The summed E-state index contributed by atoms with van der Waals surface area (Å²) in [5.74, 6) is -0.169. The molecule has 0 radical (unpaired) electrons. The highest BCUT2D eigenvalue weighted by atomic mass is 19.4. The minimum absolute atomic E-state index is 0.0459. The molecule has 6 heteroatoms. The maximum absolute atomic E-state index is 11.9. The first-order chi connectivity index (χ1) is 7.88. The van der Waals surface area contributed by atoms with Crippen LogP contribution in [0.4, 0.5) is 13.2 Å². The summed E-state index contributed by atoms with van der Waals surface area (Å²) < 4.78 is 35.6. The Hall–Kier alpha value is -0.780. The summed E-state index contributed by atoms with van der Waals surface area (Å²) >= 11 is 0. The molecular formula is C11H19F3N2O. The van der Waals surface area contributed by atoms with Crippen LogP contribution in [-0.2, 0) is 4.79 Å². The van der Waals surface area contributed by atoms with Crippen LogP contribution in [0.25, 0.3) is 0 Å². The number of amides is 1. The molecule has 1 heterocycles. The Bertz CT molecular complexity index is 256. The van der Waals surface area contributed by atoms with Crippen molar-refractivity contribution in [3.63, 3.8) is 0 Å². The highest BCUT2D eigenvalue weighted by molar-refractivity contribution is 5.78. The summed E-state index contributed by atoms with van der Waals surface area (Å²) in [7, 11) is 0. The third-order valence-electron chi connectivity index (χ3n) is 2.93. The van der Waals surface area contributed by atoms with E-state index in [1.807, 2.05) is 6.92 Å². The van der Waals surface area contributed by atoms with Crippen LogP contribution in [0.15, 0.2) is 0 Å². The van der Waals surface area contributed by atoms with Gasteiger partial charge in [0.25, 0.3) is 0 Å². The molecule has 0 bridgehead atoms. The molecule has 0 aromatic heterocycles. The van der Waals surface area contributed by atoms with Crippen molar-refractivity contribution in [3.8, 4) is 0 Å². The molecule has 2 N–H and O–H groups in total. The summed E-state index contributed by atoms with van der Waals surface area (Å²) in [6.45, 7) is 2.90. The molecule has 0 aromatic carbocycles. The zero-order valence-electron chi connectivity index (χ0n) is 9.94. The van der Waals surface area contributed by atoms with Gasteiger partial charge >= 0.3 is 6.18 Å². The maximum Gasteiger partial charge on any atom is 0.389 e. The van der Waals surface area contributed by atoms with Gasteiger partial charge in [0, 0.05) is 24.9 Å². The first kappa shape index (κ1) is 14.3. The molecule has 1 aliphatic rings. The monoisotopic (exact) mass is 252 g/mol. The van der Waals surface area contributed by atoms with Gasteiger partial charge in [0.15, 0.2) is 0 Å². The van der Waals surface area contributed by atoms with Gasteiger partial charge < -0.3 is 10.6 Å². The highest BCUT2D eigenvalue weighted by Gasteiger charge is 2.27. The molecule has 0 spiro atoms. The topological polar surface area (TPSA) is 41.1 Å². The van der Waals surface area contributed by atoms with E-state index in [2.05, 4.69) is 10.6 Å². The van der Waals surface area contributed by atoms with Gasteiger partial charge in [0.2, 0.25) is 5.91 Å². The molecule has 1 rings (SSSR count). The summed E-state index contributed by atoms with van der Waals surface area (Å²) in [5, 5.41) is 5.80. The van der Waals surface area contributed by atoms with Gasteiger partial charge in [0.05, 0.1) is 0 Å². The second-order valence-electron chi connectivity index (χ2n) is 4.59. The van der Waals surface area contributed by atoms with Gasteiger partial charge in [0.1, 0.15) is 0 Å². The first-order valence-corrected chi connectivity index (χ1v) is 5.96. The molecule has 0 aromatic rings. The van der Waals surface area contributed by atoms with Crippen molar-refractivity contribution in [1.29, 1.82) is 0 Å². The van der Waals surface area contributed by atoms with Crippen molar-refractivity contribution in [2.75, 3.05) is 13.1 Å².